The molecule has 2 radical (unpaired) electrons. The van der Waals surface area contributed by atoms with Gasteiger partial charge in [0.2, 0.25) is 0 Å². The number of hydrogen-bond acceptors (Lipinski definition) is 1. The SMILES string of the molecule is CCC.CCCC.[CH-]=O.[CH2-]C.[CH2-]C.[Y].[Y]. The van der Waals surface area contributed by atoms with Gasteiger partial charge in [-0.05, 0) is 0 Å². The third kappa shape index (κ3) is 369. The van der Waals surface area contributed by atoms with Gasteiger partial charge in [0.25, 0.3) is 0 Å². The average molecular weight is 367 g/mol. The van der Waals surface area contributed by atoms with Gasteiger partial charge in [0.1, 0.15) is 0 Å². The number of carbonyl (C=O) groups excluding carboxylic acids is 1. The zero-order chi connectivity index (χ0) is 12.1. The monoisotopic (exact) mass is 367 g/mol. The molecule has 0 saturated carbocycles. The Labute approximate surface area is 150 Å². The molecule has 92 valence electrons. The van der Waals surface area contributed by atoms with E-state index in [2.05, 4.69) is 48.3 Å². The summed E-state index contributed by atoms with van der Waals surface area (Å²) in [5, 5.41) is 0. The maximum atomic E-state index is 7.75. The van der Waals surface area contributed by atoms with Gasteiger partial charge in [-0.2, -0.15) is 13.8 Å². The van der Waals surface area contributed by atoms with Crippen LogP contribution in [-0.2, 0) is 70.2 Å². The Kier molecular flexibility index (Phi) is 429. The Morgan fingerprint density at radius 3 is 0.800 bits per heavy atom. The molecule has 0 spiro atoms. The predicted octanol–water partition coefficient (Wildman–Crippen LogP) is 4.62. The molecule has 15 heavy (non-hydrogen) atoms. The smallest absolute Gasteiger partial charge is 0 e. The van der Waals surface area contributed by atoms with Crippen LogP contribution in [0.1, 0.15) is 60.8 Å². The topological polar surface area (TPSA) is 17.1 Å². The van der Waals surface area contributed by atoms with Crippen molar-refractivity contribution in [2.75, 3.05) is 0 Å². The zero-order valence-electron chi connectivity index (χ0n) is 11.7. The minimum absolute atomic E-state index is 0. The van der Waals surface area contributed by atoms with E-state index >= 15 is 0 Å². The van der Waals surface area contributed by atoms with Crippen LogP contribution in [0.2, 0.25) is 0 Å². The molecule has 3 heteroatoms. The molecule has 0 bridgehead atoms. The van der Waals surface area contributed by atoms with Gasteiger partial charge in [-0.1, -0.05) is 47.0 Å². The van der Waals surface area contributed by atoms with Gasteiger partial charge >= 0.3 is 0 Å². The van der Waals surface area contributed by atoms with Crippen LogP contribution in [0.4, 0.5) is 0 Å². The van der Waals surface area contributed by atoms with E-state index in [1.54, 1.807) is 13.8 Å². The van der Waals surface area contributed by atoms with Crippen LogP contribution in [-0.4, -0.2) is 6.79 Å². The van der Waals surface area contributed by atoms with Crippen molar-refractivity contribution in [2.24, 2.45) is 0 Å². The van der Waals surface area contributed by atoms with E-state index in [4.69, 9.17) is 4.79 Å². The predicted molar refractivity (Wildman–Crippen MR) is 65.4 cm³/mol. The summed E-state index contributed by atoms with van der Waals surface area (Å²) in [7, 11) is 0. The Morgan fingerprint density at radius 2 is 0.800 bits per heavy atom. The molecule has 0 aromatic heterocycles. The molecule has 0 aliphatic heterocycles. The fraction of sp³-hybridized carbons (Fsp3) is 0.750. The van der Waals surface area contributed by atoms with Crippen molar-refractivity contribution >= 4 is 6.79 Å². The van der Waals surface area contributed by atoms with Gasteiger partial charge in [-0.3, -0.25) is 6.79 Å². The second-order valence-corrected chi connectivity index (χ2v) is 1.71. The molecule has 0 fully saturated rings. The van der Waals surface area contributed by atoms with Crippen molar-refractivity contribution in [3.63, 3.8) is 0 Å². The van der Waals surface area contributed by atoms with Crippen LogP contribution in [0.5, 0.6) is 0 Å². The zero-order valence-corrected chi connectivity index (χ0v) is 17.4. The van der Waals surface area contributed by atoms with E-state index in [1.165, 1.54) is 19.3 Å². The van der Waals surface area contributed by atoms with Crippen LogP contribution in [0.15, 0.2) is 0 Å². The second-order valence-electron chi connectivity index (χ2n) is 1.71. The molecule has 0 aliphatic rings. The summed E-state index contributed by atoms with van der Waals surface area (Å²) < 4.78 is 0. The van der Waals surface area contributed by atoms with Crippen LogP contribution in [0, 0.1) is 13.8 Å². The Hall–Kier alpha value is 1.88. The molecule has 0 N–H and O–H groups in total. The quantitative estimate of drug-likeness (QED) is 0.488. The minimum Gasteiger partial charge on any atom is -0.545 e. The van der Waals surface area contributed by atoms with E-state index in [1.807, 2.05) is 0 Å². The number of rotatable bonds is 1. The fourth-order valence-corrected chi connectivity index (χ4v) is 0. The first-order valence-electron chi connectivity index (χ1n) is 4.98. The maximum absolute atomic E-state index is 7.75. The molecular formula is C12H29OY2-3. The normalized spacial score (nSPS) is 4.27. The first-order chi connectivity index (χ1) is 6.33. The van der Waals surface area contributed by atoms with Crippen molar-refractivity contribution in [3.8, 4) is 0 Å². The van der Waals surface area contributed by atoms with E-state index in [0.29, 0.717) is 0 Å². The molecule has 0 unspecified atom stereocenters. The number of unbranched alkanes of at least 4 members (excludes halogenated alkanes) is 1. The Bertz CT molecular complexity index is 27.6. The van der Waals surface area contributed by atoms with Gasteiger partial charge in [-0.25, -0.2) is 0 Å². The molecule has 0 amide bonds. The van der Waals surface area contributed by atoms with Crippen LogP contribution < -0.4 is 0 Å². The fourth-order valence-electron chi connectivity index (χ4n) is 0. The largest absolute Gasteiger partial charge is 0.545 e. The summed E-state index contributed by atoms with van der Waals surface area (Å²) in [5.41, 5.74) is 0. The van der Waals surface area contributed by atoms with Gasteiger partial charge in [0.05, 0.1) is 0 Å². The maximum Gasteiger partial charge on any atom is 0 e. The first kappa shape index (κ1) is 43.6. The third-order valence-electron chi connectivity index (χ3n) is 0.500. The van der Waals surface area contributed by atoms with Crippen molar-refractivity contribution in [3.05, 3.63) is 13.8 Å². The van der Waals surface area contributed by atoms with E-state index in [9.17, 15) is 0 Å². The molecule has 0 saturated heterocycles. The van der Waals surface area contributed by atoms with Crippen molar-refractivity contribution in [1.82, 2.24) is 0 Å². The molecule has 1 nitrogen and oxygen atoms in total. The van der Waals surface area contributed by atoms with Crippen molar-refractivity contribution in [1.29, 1.82) is 0 Å². The molecule has 0 aromatic rings. The van der Waals surface area contributed by atoms with Crippen LogP contribution in [0.3, 0.4) is 0 Å². The van der Waals surface area contributed by atoms with Crippen molar-refractivity contribution in [2.45, 2.75) is 60.8 Å². The summed E-state index contributed by atoms with van der Waals surface area (Å²) in [6, 6.07) is 0. The second kappa shape index (κ2) is 148. The molecule has 0 aliphatic carbocycles. The van der Waals surface area contributed by atoms with Crippen LogP contribution in [0.25, 0.3) is 0 Å². The molecule has 0 heterocycles. The Morgan fingerprint density at radius 1 is 0.733 bits per heavy atom. The summed E-state index contributed by atoms with van der Waals surface area (Å²) in [6.07, 6.45) is 3.89. The van der Waals surface area contributed by atoms with E-state index in [-0.39, 0.29) is 65.4 Å². The van der Waals surface area contributed by atoms with Gasteiger partial charge in [0, 0.05) is 65.4 Å². The standard InChI is InChI=1S/C4H10.C3H8.2C2H5.CHO.2Y/c1-3-4-2;1-3-2;3*1-2;;/h3-4H2,1-2H3;3H2,1-2H3;2*1H2,2H3;1H;;/q;;3*-1;;. The third-order valence-corrected chi connectivity index (χ3v) is 0.500. The molecular weight excluding hydrogens is 338 g/mol. The molecule has 0 rings (SSSR count). The average Bonchev–Trinajstić information content (AvgIpc) is 2.27. The van der Waals surface area contributed by atoms with Crippen molar-refractivity contribution < 1.29 is 70.2 Å². The van der Waals surface area contributed by atoms with E-state index < -0.39 is 0 Å². The first-order valence-corrected chi connectivity index (χ1v) is 4.98. The summed E-state index contributed by atoms with van der Waals surface area (Å²) >= 11 is 0. The Balaban J connectivity index is -0.0000000107. The summed E-state index contributed by atoms with van der Waals surface area (Å²) in [5.74, 6) is 0. The molecule has 0 atom stereocenters. The van der Waals surface area contributed by atoms with Gasteiger partial charge in [-0.15, -0.1) is 0 Å². The number of hydrogen-bond donors (Lipinski definition) is 0. The van der Waals surface area contributed by atoms with E-state index in [0.717, 1.165) is 0 Å². The van der Waals surface area contributed by atoms with Gasteiger partial charge in [0.15, 0.2) is 0 Å². The van der Waals surface area contributed by atoms with Crippen LogP contribution >= 0.6 is 0 Å². The summed E-state index contributed by atoms with van der Waals surface area (Å²) in [4.78, 5) is 7.75. The minimum atomic E-state index is 0. The molecule has 0 aromatic carbocycles. The van der Waals surface area contributed by atoms with Gasteiger partial charge < -0.3 is 18.6 Å². The summed E-state index contributed by atoms with van der Waals surface area (Å²) in [6.45, 7) is 21.9.